The Hall–Kier alpha value is 0.290. The Kier molecular flexibility index (Phi) is 3.22. The zero-order chi connectivity index (χ0) is 8.41. The minimum Gasteiger partial charge on any atom is -0.202 e. The summed E-state index contributed by atoms with van der Waals surface area (Å²) in [5.41, 5.74) is -2.70. The fourth-order valence-electron chi connectivity index (χ4n) is 0.754. The second kappa shape index (κ2) is 3.13. The molecule has 0 aromatic carbocycles. The van der Waals surface area contributed by atoms with Gasteiger partial charge in [-0.15, -0.1) is 0 Å². The lowest BCUT2D eigenvalue weighted by Crippen LogP contribution is -2.18. The average molecular weight is 168 g/mol. The maximum Gasteiger partial charge on any atom is 0.262 e. The summed E-state index contributed by atoms with van der Waals surface area (Å²) in [6.07, 6.45) is -0.00502. The molecule has 0 heterocycles. The summed E-state index contributed by atoms with van der Waals surface area (Å²) in [7, 11) is -0.275. The maximum atomic E-state index is 12.7. The molecule has 0 aliphatic carbocycles. The normalized spacial score (nSPS) is 15.0. The van der Waals surface area contributed by atoms with Crippen molar-refractivity contribution in [2.24, 2.45) is 5.41 Å². The van der Waals surface area contributed by atoms with Crippen LogP contribution in [-0.4, -0.2) is 12.3 Å². The van der Waals surface area contributed by atoms with Gasteiger partial charge in [-0.1, -0.05) is 29.4 Å². The Morgan fingerprint density at radius 3 is 1.70 bits per heavy atom. The van der Waals surface area contributed by atoms with E-state index < -0.39 is 5.66 Å². The van der Waals surface area contributed by atoms with Gasteiger partial charge in [0.15, 0.2) is 0 Å². The zero-order valence-electron chi connectivity index (χ0n) is 6.96. The van der Waals surface area contributed by atoms with Gasteiger partial charge >= 0.3 is 0 Å². The molecule has 0 rings (SSSR count). The topological polar surface area (TPSA) is 0 Å². The van der Waals surface area contributed by atoms with E-state index in [2.05, 4.69) is 0 Å². The Balaban J connectivity index is 3.89. The SMILES string of the molecule is CPC(F)(F)CC(C)(C)C. The van der Waals surface area contributed by atoms with Crippen molar-refractivity contribution >= 4 is 8.58 Å². The highest BCUT2D eigenvalue weighted by Crippen LogP contribution is 2.41. The molecule has 0 nitrogen and oxygen atoms in total. The van der Waals surface area contributed by atoms with Gasteiger partial charge in [-0.25, -0.2) is 8.78 Å². The Morgan fingerprint density at radius 1 is 1.20 bits per heavy atom. The van der Waals surface area contributed by atoms with Gasteiger partial charge in [0.05, 0.1) is 0 Å². The smallest absolute Gasteiger partial charge is 0.202 e. The van der Waals surface area contributed by atoms with Crippen LogP contribution in [-0.2, 0) is 0 Å². The lowest BCUT2D eigenvalue weighted by molar-refractivity contribution is 0.0539. The molecule has 0 spiro atoms. The van der Waals surface area contributed by atoms with Gasteiger partial charge in [-0.05, 0) is 12.1 Å². The van der Waals surface area contributed by atoms with Crippen LogP contribution in [0.3, 0.4) is 0 Å². The van der Waals surface area contributed by atoms with Gasteiger partial charge in [0.25, 0.3) is 5.66 Å². The molecule has 0 bridgehead atoms. The second-order valence-corrected chi connectivity index (χ2v) is 4.92. The summed E-state index contributed by atoms with van der Waals surface area (Å²) in [5, 5.41) is 0. The van der Waals surface area contributed by atoms with Crippen molar-refractivity contribution in [1.82, 2.24) is 0 Å². The predicted octanol–water partition coefficient (Wildman–Crippen LogP) is 3.32. The quantitative estimate of drug-likeness (QED) is 0.555. The van der Waals surface area contributed by atoms with Crippen molar-refractivity contribution in [3.8, 4) is 0 Å². The molecule has 0 aromatic rings. The summed E-state index contributed by atoms with van der Waals surface area (Å²) in [5.74, 6) is 0. The molecule has 0 aliphatic heterocycles. The van der Waals surface area contributed by atoms with E-state index in [0.717, 1.165) is 0 Å². The van der Waals surface area contributed by atoms with Crippen LogP contribution in [0.5, 0.6) is 0 Å². The van der Waals surface area contributed by atoms with Crippen molar-refractivity contribution in [1.29, 1.82) is 0 Å². The minimum absolute atomic E-state index is 0.00502. The zero-order valence-corrected chi connectivity index (χ0v) is 7.96. The summed E-state index contributed by atoms with van der Waals surface area (Å²) >= 11 is 0. The molecule has 3 heteroatoms. The number of hydrogen-bond acceptors (Lipinski definition) is 0. The Morgan fingerprint density at radius 2 is 1.60 bits per heavy atom. The van der Waals surface area contributed by atoms with Gasteiger partial charge in [-0.3, -0.25) is 0 Å². The molecule has 0 saturated carbocycles. The van der Waals surface area contributed by atoms with E-state index >= 15 is 0 Å². The van der Waals surface area contributed by atoms with Crippen molar-refractivity contribution in [2.75, 3.05) is 6.66 Å². The Bertz CT molecular complexity index is 105. The molecule has 0 N–H and O–H groups in total. The Labute approximate surface area is 63.2 Å². The summed E-state index contributed by atoms with van der Waals surface area (Å²) in [4.78, 5) is 0. The molecule has 62 valence electrons. The first-order valence-electron chi connectivity index (χ1n) is 3.34. The molecule has 0 aromatic heterocycles. The molecular weight excluding hydrogens is 153 g/mol. The van der Waals surface area contributed by atoms with Gasteiger partial charge < -0.3 is 0 Å². The van der Waals surface area contributed by atoms with Crippen LogP contribution in [0.4, 0.5) is 8.78 Å². The van der Waals surface area contributed by atoms with Crippen LogP contribution in [0.25, 0.3) is 0 Å². The van der Waals surface area contributed by atoms with Crippen LogP contribution in [0.1, 0.15) is 27.2 Å². The third kappa shape index (κ3) is 5.10. The molecule has 0 amide bonds. The summed E-state index contributed by atoms with van der Waals surface area (Å²) in [6, 6.07) is 0. The van der Waals surface area contributed by atoms with E-state index in [-0.39, 0.29) is 20.4 Å². The molecule has 10 heavy (non-hydrogen) atoms. The van der Waals surface area contributed by atoms with Crippen molar-refractivity contribution in [3.05, 3.63) is 0 Å². The summed E-state index contributed by atoms with van der Waals surface area (Å²) in [6.45, 7) is 7.05. The lowest BCUT2D eigenvalue weighted by atomic mass is 9.92. The standard InChI is InChI=1S/C7H15F2P/c1-6(2,3)5-7(8,9)10-4/h10H,5H2,1-4H3. The predicted molar refractivity (Wildman–Crippen MR) is 43.3 cm³/mol. The third-order valence-corrected chi connectivity index (χ3v) is 2.03. The first kappa shape index (κ1) is 10.3. The first-order valence-corrected chi connectivity index (χ1v) is 4.84. The van der Waals surface area contributed by atoms with E-state index in [4.69, 9.17) is 0 Å². The van der Waals surface area contributed by atoms with Crippen molar-refractivity contribution in [2.45, 2.75) is 32.9 Å². The van der Waals surface area contributed by atoms with E-state index in [0.29, 0.717) is 0 Å². The molecule has 1 atom stereocenters. The highest BCUT2D eigenvalue weighted by molar-refractivity contribution is 7.38. The summed E-state index contributed by atoms with van der Waals surface area (Å²) < 4.78 is 25.3. The fraction of sp³-hybridized carbons (Fsp3) is 1.00. The first-order chi connectivity index (χ1) is 4.27. The highest BCUT2D eigenvalue weighted by atomic mass is 31.1. The van der Waals surface area contributed by atoms with Crippen LogP contribution < -0.4 is 0 Å². The van der Waals surface area contributed by atoms with E-state index in [1.165, 1.54) is 0 Å². The molecule has 0 saturated heterocycles. The molecule has 0 radical (unpaired) electrons. The fourth-order valence-corrected chi connectivity index (χ4v) is 1.46. The van der Waals surface area contributed by atoms with Gasteiger partial charge in [0.2, 0.25) is 0 Å². The number of halogens is 2. The van der Waals surface area contributed by atoms with Crippen molar-refractivity contribution in [3.63, 3.8) is 0 Å². The van der Waals surface area contributed by atoms with Gasteiger partial charge in [0.1, 0.15) is 0 Å². The van der Waals surface area contributed by atoms with Crippen LogP contribution in [0.15, 0.2) is 0 Å². The number of rotatable bonds is 2. The highest BCUT2D eigenvalue weighted by Gasteiger charge is 2.31. The second-order valence-electron chi connectivity index (χ2n) is 3.69. The van der Waals surface area contributed by atoms with E-state index in [1.54, 1.807) is 6.66 Å². The van der Waals surface area contributed by atoms with Gasteiger partial charge in [0, 0.05) is 6.42 Å². The number of hydrogen-bond donors (Lipinski definition) is 0. The molecule has 0 fully saturated rings. The lowest BCUT2D eigenvalue weighted by Gasteiger charge is -2.24. The monoisotopic (exact) mass is 168 g/mol. The molecular formula is C7H15F2P. The third-order valence-electron chi connectivity index (χ3n) is 1.12. The van der Waals surface area contributed by atoms with Gasteiger partial charge in [-0.2, -0.15) is 0 Å². The van der Waals surface area contributed by atoms with Crippen molar-refractivity contribution < 1.29 is 8.78 Å². The van der Waals surface area contributed by atoms with E-state index in [9.17, 15) is 8.78 Å². The van der Waals surface area contributed by atoms with Crippen LogP contribution in [0, 0.1) is 5.41 Å². The minimum atomic E-state index is -2.45. The largest absolute Gasteiger partial charge is 0.262 e. The number of alkyl halides is 2. The molecule has 0 aliphatic rings. The maximum absolute atomic E-state index is 12.7. The van der Waals surface area contributed by atoms with E-state index in [1.807, 2.05) is 20.8 Å². The molecule has 1 unspecified atom stereocenters. The van der Waals surface area contributed by atoms with Crippen LogP contribution in [0.2, 0.25) is 0 Å². The van der Waals surface area contributed by atoms with Crippen LogP contribution >= 0.6 is 8.58 Å². The average Bonchev–Trinajstić information content (AvgIpc) is 1.60.